The van der Waals surface area contributed by atoms with E-state index >= 15 is 0 Å². The van der Waals surface area contributed by atoms with Gasteiger partial charge in [0.2, 0.25) is 0 Å². The number of rotatable bonds is 4. The van der Waals surface area contributed by atoms with Crippen LogP contribution in [0.1, 0.15) is 0 Å². The molecule has 0 radical (unpaired) electrons. The van der Waals surface area contributed by atoms with E-state index in [4.69, 9.17) is 23.8 Å². The quantitative estimate of drug-likeness (QED) is 0.170. The van der Waals surface area contributed by atoms with Crippen LogP contribution in [0, 0.1) is 0 Å². The van der Waals surface area contributed by atoms with Crippen molar-refractivity contribution in [3.05, 3.63) is 176 Å². The Morgan fingerprint density at radius 3 is 1.43 bits per heavy atom. The summed E-state index contributed by atoms with van der Waals surface area (Å²) in [6, 6.07) is 61.1. The molecule has 12 aromatic rings. The van der Waals surface area contributed by atoms with Crippen LogP contribution in [0.2, 0.25) is 0 Å². The molecule has 9 aromatic carbocycles. The number of aromatic nitrogens is 3. The topological polar surface area (TPSA) is 65.0 Å². The lowest BCUT2D eigenvalue weighted by atomic mass is 9.92. The molecule has 0 spiro atoms. The summed E-state index contributed by atoms with van der Waals surface area (Å²) >= 11 is 0. The van der Waals surface area contributed by atoms with E-state index in [0.717, 1.165) is 66.1 Å². The fraction of sp³-hybridized carbons (Fsp3) is 0. The summed E-state index contributed by atoms with van der Waals surface area (Å²) in [6.07, 6.45) is 0. The molecule has 12 rings (SSSR count). The molecule has 0 unspecified atom stereocenters. The number of benzene rings is 9. The van der Waals surface area contributed by atoms with Crippen LogP contribution in [-0.2, 0) is 0 Å². The van der Waals surface area contributed by atoms with Crippen molar-refractivity contribution in [2.24, 2.45) is 0 Å². The Bertz CT molecular complexity index is 3410. The largest absolute Gasteiger partial charge is 0.456 e. The Morgan fingerprint density at radius 2 is 0.750 bits per heavy atom. The van der Waals surface area contributed by atoms with Crippen molar-refractivity contribution < 1.29 is 8.83 Å². The van der Waals surface area contributed by atoms with E-state index in [9.17, 15) is 0 Å². The van der Waals surface area contributed by atoms with Crippen LogP contribution in [0.15, 0.2) is 185 Å². The molecule has 5 nitrogen and oxygen atoms in total. The van der Waals surface area contributed by atoms with Gasteiger partial charge >= 0.3 is 0 Å². The molecule has 0 N–H and O–H groups in total. The second-order valence-corrected chi connectivity index (χ2v) is 14.3. The first-order chi connectivity index (χ1) is 27.7. The summed E-state index contributed by atoms with van der Waals surface area (Å²) in [5.41, 5.74) is 8.18. The Labute approximate surface area is 320 Å². The lowest BCUT2D eigenvalue weighted by Crippen LogP contribution is -2.00. The highest BCUT2D eigenvalue weighted by atomic mass is 16.3. The van der Waals surface area contributed by atoms with Crippen LogP contribution in [-0.4, -0.2) is 15.0 Å². The van der Waals surface area contributed by atoms with E-state index in [2.05, 4.69) is 115 Å². The van der Waals surface area contributed by atoms with Crippen molar-refractivity contribution in [3.8, 4) is 45.3 Å². The third-order valence-corrected chi connectivity index (χ3v) is 11.1. The summed E-state index contributed by atoms with van der Waals surface area (Å²) in [4.78, 5) is 15.6. The van der Waals surface area contributed by atoms with Crippen molar-refractivity contribution in [1.29, 1.82) is 0 Å². The Kier molecular flexibility index (Phi) is 6.56. The number of hydrogen-bond acceptors (Lipinski definition) is 5. The van der Waals surface area contributed by atoms with Crippen molar-refractivity contribution in [2.75, 3.05) is 0 Å². The van der Waals surface area contributed by atoms with Crippen molar-refractivity contribution in [2.45, 2.75) is 0 Å². The van der Waals surface area contributed by atoms with Gasteiger partial charge in [-0.15, -0.1) is 0 Å². The molecule has 0 aliphatic heterocycles. The second kappa shape index (κ2) is 11.9. The molecule has 0 saturated carbocycles. The van der Waals surface area contributed by atoms with E-state index in [1.54, 1.807) is 0 Å². The zero-order chi connectivity index (χ0) is 36.7. The van der Waals surface area contributed by atoms with Gasteiger partial charge in [0.15, 0.2) is 17.5 Å². The Hall–Kier alpha value is -7.63. The molecule has 0 atom stereocenters. The molecular weight excluding hydrogens is 687 g/mol. The van der Waals surface area contributed by atoms with Crippen LogP contribution in [0.5, 0.6) is 0 Å². The van der Waals surface area contributed by atoms with Crippen LogP contribution >= 0.6 is 0 Å². The first-order valence-corrected chi connectivity index (χ1v) is 18.8. The lowest BCUT2D eigenvalue weighted by Gasteiger charge is -2.13. The van der Waals surface area contributed by atoms with E-state index < -0.39 is 0 Å². The smallest absolute Gasteiger partial charge is 0.164 e. The van der Waals surface area contributed by atoms with Gasteiger partial charge in [-0.25, -0.2) is 15.0 Å². The van der Waals surface area contributed by atoms with Crippen molar-refractivity contribution in [3.63, 3.8) is 0 Å². The molecule has 0 aliphatic rings. The maximum absolute atomic E-state index is 6.29. The van der Waals surface area contributed by atoms with E-state index in [0.29, 0.717) is 17.5 Å². The van der Waals surface area contributed by atoms with E-state index in [1.807, 2.05) is 60.7 Å². The number of para-hydroxylation sites is 2. The van der Waals surface area contributed by atoms with Gasteiger partial charge in [0.25, 0.3) is 0 Å². The SMILES string of the molecule is c1ccc2c(c1)ccc1ccc3c(-c4ccc(-c5nc(-c6cccc7oc8ccccc8c67)nc(-c6cccc7oc8ccccc8c67)n5)cc4)cccc3c12. The third-order valence-electron chi connectivity index (χ3n) is 11.1. The summed E-state index contributed by atoms with van der Waals surface area (Å²) in [5.74, 6) is 1.73. The van der Waals surface area contributed by atoms with Gasteiger partial charge in [-0.1, -0.05) is 152 Å². The highest BCUT2D eigenvalue weighted by molar-refractivity contribution is 6.22. The van der Waals surface area contributed by atoms with Gasteiger partial charge in [0.1, 0.15) is 22.3 Å². The molecule has 56 heavy (non-hydrogen) atoms. The summed E-state index contributed by atoms with van der Waals surface area (Å²) in [6.45, 7) is 0. The fourth-order valence-corrected chi connectivity index (χ4v) is 8.58. The van der Waals surface area contributed by atoms with E-state index in [1.165, 1.54) is 37.9 Å². The summed E-state index contributed by atoms with van der Waals surface area (Å²) in [7, 11) is 0. The standard InChI is InChI=1S/C51H29N3O2/c1-2-11-35-30(10-1)22-25-32-28-29-36-34(14-7-15-37(36)46(32)35)31-23-26-33(27-24-31)49-52-50(40-16-8-20-44-47(40)38-12-3-5-18-42(38)55-44)54-51(53-49)41-17-9-21-45-48(41)39-13-4-6-19-43(39)56-45/h1-29H. The molecule has 0 saturated heterocycles. The minimum atomic E-state index is 0.573. The van der Waals surface area contributed by atoms with Crippen LogP contribution in [0.3, 0.4) is 0 Å². The van der Waals surface area contributed by atoms with Gasteiger partial charge in [-0.2, -0.15) is 0 Å². The minimum Gasteiger partial charge on any atom is -0.456 e. The van der Waals surface area contributed by atoms with Gasteiger partial charge in [-0.3, -0.25) is 0 Å². The zero-order valence-corrected chi connectivity index (χ0v) is 29.9. The molecule has 3 aromatic heterocycles. The van der Waals surface area contributed by atoms with Gasteiger partial charge in [0, 0.05) is 38.2 Å². The van der Waals surface area contributed by atoms with Crippen LogP contribution < -0.4 is 0 Å². The number of fused-ring (bicyclic) bond motifs is 11. The molecular formula is C51H29N3O2. The average molecular weight is 716 g/mol. The summed E-state index contributed by atoms with van der Waals surface area (Å²) in [5, 5.41) is 11.5. The highest BCUT2D eigenvalue weighted by Gasteiger charge is 2.20. The average Bonchev–Trinajstić information content (AvgIpc) is 3.85. The third kappa shape index (κ3) is 4.64. The highest BCUT2D eigenvalue weighted by Crippen LogP contribution is 2.40. The predicted octanol–water partition coefficient (Wildman–Crippen LogP) is 13.8. The van der Waals surface area contributed by atoms with Crippen molar-refractivity contribution >= 4 is 76.2 Å². The Balaban J connectivity index is 1.05. The summed E-state index contributed by atoms with van der Waals surface area (Å²) < 4.78 is 12.6. The fourth-order valence-electron chi connectivity index (χ4n) is 8.58. The normalized spacial score (nSPS) is 11.9. The Morgan fingerprint density at radius 1 is 0.268 bits per heavy atom. The second-order valence-electron chi connectivity index (χ2n) is 14.3. The van der Waals surface area contributed by atoms with Gasteiger partial charge in [-0.05, 0) is 67.7 Å². The van der Waals surface area contributed by atoms with E-state index in [-0.39, 0.29) is 0 Å². The maximum atomic E-state index is 6.29. The molecule has 0 bridgehead atoms. The first kappa shape index (κ1) is 30.8. The van der Waals surface area contributed by atoms with Crippen LogP contribution in [0.25, 0.3) is 121 Å². The monoisotopic (exact) mass is 715 g/mol. The van der Waals surface area contributed by atoms with Crippen LogP contribution in [0.4, 0.5) is 0 Å². The minimum absolute atomic E-state index is 0.573. The predicted molar refractivity (Wildman–Crippen MR) is 229 cm³/mol. The molecule has 5 heteroatoms. The number of furan rings is 2. The first-order valence-electron chi connectivity index (χ1n) is 18.8. The number of nitrogens with zero attached hydrogens (tertiary/aromatic N) is 3. The molecule has 0 amide bonds. The lowest BCUT2D eigenvalue weighted by molar-refractivity contribution is 0.668. The number of hydrogen-bond donors (Lipinski definition) is 0. The zero-order valence-electron chi connectivity index (χ0n) is 29.9. The van der Waals surface area contributed by atoms with Gasteiger partial charge in [0.05, 0.1) is 0 Å². The van der Waals surface area contributed by atoms with Gasteiger partial charge < -0.3 is 8.83 Å². The molecule has 0 fully saturated rings. The van der Waals surface area contributed by atoms with Crippen molar-refractivity contribution in [1.82, 2.24) is 15.0 Å². The maximum Gasteiger partial charge on any atom is 0.164 e. The molecule has 3 heterocycles. The molecule has 260 valence electrons. The molecule has 0 aliphatic carbocycles.